The average molecular weight is 1060 g/mol. The van der Waals surface area contributed by atoms with Crippen molar-refractivity contribution in [2.45, 2.75) is 133 Å². The van der Waals surface area contributed by atoms with Crippen LogP contribution in [-0.4, -0.2) is 242 Å². The smallest absolute Gasteiger partial charge is 0.186 e. The van der Waals surface area contributed by atoms with Gasteiger partial charge in [0.05, 0.1) is 37.8 Å². The molecule has 0 unspecified atom stereocenters. The van der Waals surface area contributed by atoms with E-state index in [1.54, 1.807) is 48.5 Å². The predicted molar refractivity (Wildman–Crippen MR) is 253 cm³/mol. The largest absolute Gasteiger partial charge is 0.507 e. The normalized spacial score (nSPS) is 37.6. The summed E-state index contributed by atoms with van der Waals surface area (Å²) in [6.07, 6.45) is -24.9. The third-order valence-corrected chi connectivity index (χ3v) is 14.9. The van der Waals surface area contributed by atoms with E-state index in [4.69, 9.17) is 28.4 Å². The Balaban J connectivity index is 0.948. The first-order chi connectivity index (χ1) is 34.4. The molecule has 72 heavy (non-hydrogen) atoms. The fourth-order valence-electron chi connectivity index (χ4n) is 8.09. The standard InChI is InChI=1S/C46H60N2O22S2/c49-13-27-31(53)35(57)39(61)43(67-27)65-15-29-33(55)37(59)41(63)45(69-29)71-17-19-5-7-25(51)21(9-19)11-47-23-3-1-2-4-24(23)48-12-22-10-20(6-8-26(22)52)18-72-46-42(64)38(60)34(56)30(70-46)16-66-44-40(62)36(58)32(54)28(14-50)68-44/h1-12,27-46,49-64H,13-18H2/t27-,28-,29-,30-,31-,32-,33-,34-,35+,36+,37+,38+,39-,40-,41-,42-,43-,44-,45+,46+/m1/s1. The van der Waals surface area contributed by atoms with Crippen molar-refractivity contribution in [1.29, 1.82) is 0 Å². The van der Waals surface area contributed by atoms with Gasteiger partial charge in [-0.25, -0.2) is 0 Å². The molecule has 4 aliphatic rings. The molecule has 24 nitrogen and oxygen atoms in total. The summed E-state index contributed by atoms with van der Waals surface area (Å²) in [7, 11) is 0. The molecular weight excluding hydrogens is 997 g/mol. The van der Waals surface area contributed by atoms with E-state index >= 15 is 0 Å². The van der Waals surface area contributed by atoms with Crippen LogP contribution >= 0.6 is 23.5 Å². The summed E-state index contributed by atoms with van der Waals surface area (Å²) in [6.45, 7) is -2.33. The Labute approximate surface area is 419 Å². The molecule has 3 aromatic carbocycles. The molecule has 398 valence electrons. The highest BCUT2D eigenvalue weighted by molar-refractivity contribution is 7.99. The predicted octanol–water partition coefficient (Wildman–Crippen LogP) is -3.69. The van der Waals surface area contributed by atoms with Gasteiger partial charge in [-0.15, -0.1) is 23.5 Å². The lowest BCUT2D eigenvalue weighted by Gasteiger charge is -2.42. The summed E-state index contributed by atoms with van der Waals surface area (Å²) >= 11 is 2.13. The summed E-state index contributed by atoms with van der Waals surface area (Å²) in [5.74, 6) is 0.133. The lowest BCUT2D eigenvalue weighted by atomic mass is 9.99. The number of ether oxygens (including phenoxy) is 6. The zero-order valence-corrected chi connectivity index (χ0v) is 39.7. The van der Waals surface area contributed by atoms with Gasteiger partial charge in [-0.05, 0) is 47.5 Å². The summed E-state index contributed by atoms with van der Waals surface area (Å²) in [4.78, 5) is 9.10. The van der Waals surface area contributed by atoms with E-state index in [0.29, 0.717) is 33.6 Å². The number of aromatic hydroxyl groups is 2. The van der Waals surface area contributed by atoms with Gasteiger partial charge in [-0.1, -0.05) is 24.3 Å². The fourth-order valence-corrected chi connectivity index (χ4v) is 10.3. The number of phenolic OH excluding ortho intramolecular Hbond substituents is 2. The fraction of sp³-hybridized carbons (Fsp3) is 0.565. The number of para-hydroxylation sites is 2. The zero-order valence-electron chi connectivity index (χ0n) is 38.0. The number of phenols is 2. The Kier molecular flexibility index (Phi) is 19.8. The van der Waals surface area contributed by atoms with E-state index in [-0.39, 0.29) is 23.0 Å². The van der Waals surface area contributed by atoms with Gasteiger partial charge in [0, 0.05) is 35.1 Å². The summed E-state index contributed by atoms with van der Waals surface area (Å²) in [5, 5.41) is 165. The van der Waals surface area contributed by atoms with E-state index in [0.717, 1.165) is 23.5 Å². The third-order valence-electron chi connectivity index (χ3n) is 12.5. The average Bonchev–Trinajstić information content (AvgIpc) is 3.38. The Hall–Kier alpha value is -3.50. The number of aliphatic hydroxyl groups excluding tert-OH is 14. The lowest BCUT2D eigenvalue weighted by molar-refractivity contribution is -0.311. The van der Waals surface area contributed by atoms with Crippen LogP contribution in [0.1, 0.15) is 22.3 Å². The van der Waals surface area contributed by atoms with Crippen LogP contribution in [0.2, 0.25) is 0 Å². The monoisotopic (exact) mass is 1060 g/mol. The first-order valence-electron chi connectivity index (χ1n) is 22.7. The Morgan fingerprint density at radius 1 is 0.444 bits per heavy atom. The third kappa shape index (κ3) is 13.1. The number of nitrogens with zero attached hydrogens (tertiary/aromatic N) is 2. The van der Waals surface area contributed by atoms with E-state index in [1.807, 2.05) is 0 Å². The molecule has 0 saturated carbocycles. The number of thioether (sulfide) groups is 2. The van der Waals surface area contributed by atoms with Crippen molar-refractivity contribution in [3.63, 3.8) is 0 Å². The van der Waals surface area contributed by atoms with Crippen LogP contribution in [0.3, 0.4) is 0 Å². The second-order valence-corrected chi connectivity index (χ2v) is 19.7. The number of hydrogen-bond donors (Lipinski definition) is 16. The minimum atomic E-state index is -1.71. The first-order valence-corrected chi connectivity index (χ1v) is 24.8. The van der Waals surface area contributed by atoms with Crippen molar-refractivity contribution in [2.75, 3.05) is 26.4 Å². The molecular formula is C46H60N2O22S2. The van der Waals surface area contributed by atoms with Crippen LogP contribution in [-0.2, 0) is 39.9 Å². The van der Waals surface area contributed by atoms with Gasteiger partial charge < -0.3 is 110 Å². The van der Waals surface area contributed by atoms with Crippen LogP contribution in [0.5, 0.6) is 11.5 Å². The molecule has 3 aromatic rings. The highest BCUT2D eigenvalue weighted by atomic mass is 32.2. The second-order valence-electron chi connectivity index (χ2n) is 17.5. The minimum Gasteiger partial charge on any atom is -0.507 e. The molecule has 4 saturated heterocycles. The van der Waals surface area contributed by atoms with Crippen LogP contribution in [0.25, 0.3) is 0 Å². The van der Waals surface area contributed by atoms with Crippen LogP contribution in [0.15, 0.2) is 70.6 Å². The molecule has 7 rings (SSSR count). The van der Waals surface area contributed by atoms with Gasteiger partial charge in [0.25, 0.3) is 0 Å². The molecule has 4 aliphatic heterocycles. The van der Waals surface area contributed by atoms with Crippen molar-refractivity contribution in [3.05, 3.63) is 82.9 Å². The minimum absolute atomic E-state index is 0.111. The van der Waals surface area contributed by atoms with E-state index in [2.05, 4.69) is 9.98 Å². The Morgan fingerprint density at radius 3 is 1.18 bits per heavy atom. The Morgan fingerprint density at radius 2 is 0.806 bits per heavy atom. The van der Waals surface area contributed by atoms with Gasteiger partial charge in [-0.2, -0.15) is 0 Å². The number of rotatable bonds is 18. The highest BCUT2D eigenvalue weighted by Crippen LogP contribution is 2.36. The number of hydrogen-bond acceptors (Lipinski definition) is 26. The summed E-state index contributed by atoms with van der Waals surface area (Å²) in [5.41, 5.74) is 0.479. The zero-order chi connectivity index (χ0) is 52.0. The lowest BCUT2D eigenvalue weighted by Crippen LogP contribution is -2.61. The molecule has 0 bridgehead atoms. The quantitative estimate of drug-likeness (QED) is 0.0546. The molecule has 0 amide bonds. The molecule has 20 atom stereocenters. The molecule has 26 heteroatoms. The maximum atomic E-state index is 10.8. The molecule has 4 heterocycles. The SMILES string of the molecule is OC[C@H]1O[C@@H](OC[C@H]2O[C@@H](SCc3ccc(O)c(C=Nc4ccccc4N=Cc4cc(CS[C@@H]5O[C@H](CO[C@@H]6O[C@H](CO)[C@@H](O)[C@H](O)[C@H]6O)[C@@H](O)[C@H](O)[C@H]5O)ccc4O)c3)[C@H](O)[C@@H](O)[C@@H]2O)[C@H](O)[C@@H](O)[C@@H]1O. The molecule has 0 aliphatic carbocycles. The maximum absolute atomic E-state index is 10.8. The van der Waals surface area contributed by atoms with Gasteiger partial charge in [0.1, 0.15) is 120 Å². The number of aliphatic hydroxyl groups is 14. The molecule has 4 fully saturated rings. The van der Waals surface area contributed by atoms with Gasteiger partial charge in [0.2, 0.25) is 0 Å². The van der Waals surface area contributed by atoms with Crippen molar-refractivity contribution >= 4 is 47.3 Å². The van der Waals surface area contributed by atoms with Gasteiger partial charge in [0.15, 0.2) is 12.6 Å². The first kappa shape index (κ1) is 56.2. The van der Waals surface area contributed by atoms with Crippen LogP contribution < -0.4 is 0 Å². The van der Waals surface area contributed by atoms with Gasteiger partial charge >= 0.3 is 0 Å². The van der Waals surface area contributed by atoms with Crippen molar-refractivity contribution in [3.8, 4) is 11.5 Å². The molecule has 16 N–H and O–H groups in total. The highest BCUT2D eigenvalue weighted by Gasteiger charge is 2.49. The molecule has 0 spiro atoms. The van der Waals surface area contributed by atoms with Crippen LogP contribution in [0, 0.1) is 0 Å². The molecule has 0 aromatic heterocycles. The van der Waals surface area contributed by atoms with Crippen molar-refractivity contribution in [1.82, 2.24) is 0 Å². The van der Waals surface area contributed by atoms with Crippen molar-refractivity contribution < 1.29 is 110 Å². The second kappa shape index (κ2) is 25.4. The van der Waals surface area contributed by atoms with E-state index in [9.17, 15) is 81.7 Å². The number of aliphatic imine (C=N–C) groups is 2. The molecule has 0 radical (unpaired) electrons. The Bertz CT molecular complexity index is 2130. The van der Waals surface area contributed by atoms with Crippen molar-refractivity contribution in [2.24, 2.45) is 9.98 Å². The van der Waals surface area contributed by atoms with E-state index < -0.39 is 148 Å². The van der Waals surface area contributed by atoms with E-state index in [1.165, 1.54) is 24.6 Å². The maximum Gasteiger partial charge on any atom is 0.186 e. The van der Waals surface area contributed by atoms with Gasteiger partial charge in [-0.3, -0.25) is 9.98 Å². The topological polar surface area (TPSA) is 404 Å². The number of benzene rings is 3. The summed E-state index contributed by atoms with van der Waals surface area (Å²) in [6, 6.07) is 16.2. The van der Waals surface area contributed by atoms with Crippen LogP contribution in [0.4, 0.5) is 11.4 Å². The summed E-state index contributed by atoms with van der Waals surface area (Å²) < 4.78 is 33.4.